The number of hydrogen-bond acceptors (Lipinski definition) is 3. The molecule has 120 valence electrons. The summed E-state index contributed by atoms with van der Waals surface area (Å²) in [6.07, 6.45) is 14.3. The van der Waals surface area contributed by atoms with Gasteiger partial charge in [0.2, 0.25) is 0 Å². The van der Waals surface area contributed by atoms with E-state index in [0.29, 0.717) is 19.6 Å². The second-order valence-corrected chi connectivity index (χ2v) is 5.58. The van der Waals surface area contributed by atoms with E-state index in [-0.39, 0.29) is 5.97 Å². The summed E-state index contributed by atoms with van der Waals surface area (Å²) in [4.78, 5) is 11.5. The van der Waals surface area contributed by atoms with E-state index >= 15 is 0 Å². The van der Waals surface area contributed by atoms with Crippen LogP contribution in [0.2, 0.25) is 0 Å². The molecule has 0 aromatic carbocycles. The van der Waals surface area contributed by atoms with Crippen LogP contribution < -0.4 is 0 Å². The first kappa shape index (κ1) is 19.4. The molecule has 0 rings (SSSR count). The number of aliphatic hydroxyl groups excluding tert-OH is 1. The van der Waals surface area contributed by atoms with E-state index in [1.165, 1.54) is 38.5 Å². The van der Waals surface area contributed by atoms with Crippen LogP contribution in [0.3, 0.4) is 0 Å². The predicted molar refractivity (Wildman–Crippen MR) is 83.7 cm³/mol. The molecule has 0 fully saturated rings. The standard InChI is InChI=1S/C17H34O3/c1-2-3-4-5-8-11-14-17(19)20-16-13-10-7-6-9-12-15-18/h18H,2-16H2,1H3. The first-order valence-electron chi connectivity index (χ1n) is 8.57. The minimum Gasteiger partial charge on any atom is -0.466 e. The molecule has 20 heavy (non-hydrogen) atoms. The summed E-state index contributed by atoms with van der Waals surface area (Å²) >= 11 is 0. The molecule has 0 saturated heterocycles. The van der Waals surface area contributed by atoms with E-state index in [1.807, 2.05) is 0 Å². The van der Waals surface area contributed by atoms with Crippen LogP contribution >= 0.6 is 0 Å². The van der Waals surface area contributed by atoms with Crippen molar-refractivity contribution < 1.29 is 14.6 Å². The van der Waals surface area contributed by atoms with Crippen LogP contribution in [0, 0.1) is 0 Å². The molecule has 0 saturated carbocycles. The molecule has 1 N–H and O–H groups in total. The summed E-state index contributed by atoms with van der Waals surface area (Å²) in [5.41, 5.74) is 0. The molecular formula is C17H34O3. The van der Waals surface area contributed by atoms with E-state index in [9.17, 15) is 4.79 Å². The Bertz CT molecular complexity index is 204. The Morgan fingerprint density at radius 3 is 2.00 bits per heavy atom. The van der Waals surface area contributed by atoms with Gasteiger partial charge in [-0.05, 0) is 19.3 Å². The van der Waals surface area contributed by atoms with E-state index in [0.717, 1.165) is 38.5 Å². The van der Waals surface area contributed by atoms with Crippen LogP contribution in [-0.4, -0.2) is 24.3 Å². The Hall–Kier alpha value is -0.570. The van der Waals surface area contributed by atoms with Crippen LogP contribution in [0.4, 0.5) is 0 Å². The SMILES string of the molecule is CCCCCCCCC(=O)OCCCCCCCCO. The largest absolute Gasteiger partial charge is 0.466 e. The highest BCUT2D eigenvalue weighted by Crippen LogP contribution is 2.08. The van der Waals surface area contributed by atoms with Gasteiger partial charge in [-0.2, -0.15) is 0 Å². The fourth-order valence-corrected chi connectivity index (χ4v) is 2.23. The number of esters is 1. The average Bonchev–Trinajstić information content (AvgIpc) is 2.45. The van der Waals surface area contributed by atoms with Crippen molar-refractivity contribution in [2.75, 3.05) is 13.2 Å². The van der Waals surface area contributed by atoms with Gasteiger partial charge in [0.15, 0.2) is 0 Å². The van der Waals surface area contributed by atoms with Gasteiger partial charge in [-0.1, -0.05) is 64.7 Å². The number of hydrogen-bond donors (Lipinski definition) is 1. The second kappa shape index (κ2) is 16.5. The summed E-state index contributed by atoms with van der Waals surface area (Å²) in [6, 6.07) is 0. The number of ether oxygens (including phenoxy) is 1. The highest BCUT2D eigenvalue weighted by atomic mass is 16.5. The second-order valence-electron chi connectivity index (χ2n) is 5.58. The van der Waals surface area contributed by atoms with Crippen LogP contribution in [0.5, 0.6) is 0 Å². The van der Waals surface area contributed by atoms with Gasteiger partial charge >= 0.3 is 5.97 Å². The minimum absolute atomic E-state index is 0.0271. The maximum absolute atomic E-state index is 11.5. The molecule has 0 spiro atoms. The monoisotopic (exact) mass is 286 g/mol. The van der Waals surface area contributed by atoms with Crippen molar-refractivity contribution in [3.8, 4) is 0 Å². The third-order valence-corrected chi connectivity index (χ3v) is 3.55. The van der Waals surface area contributed by atoms with Gasteiger partial charge in [0, 0.05) is 13.0 Å². The average molecular weight is 286 g/mol. The van der Waals surface area contributed by atoms with Gasteiger partial charge in [0.25, 0.3) is 0 Å². The number of carbonyl (C=O) groups excluding carboxylic acids is 1. The molecule has 0 aliphatic heterocycles. The lowest BCUT2D eigenvalue weighted by Gasteiger charge is -2.05. The molecule has 0 bridgehead atoms. The summed E-state index contributed by atoms with van der Waals surface area (Å²) in [6.45, 7) is 3.09. The number of carbonyl (C=O) groups is 1. The third kappa shape index (κ3) is 15.5. The molecule has 0 aromatic heterocycles. The first-order valence-corrected chi connectivity index (χ1v) is 8.57. The molecule has 0 heterocycles. The van der Waals surface area contributed by atoms with Gasteiger partial charge in [-0.3, -0.25) is 4.79 Å². The highest BCUT2D eigenvalue weighted by molar-refractivity contribution is 5.69. The third-order valence-electron chi connectivity index (χ3n) is 3.55. The molecule has 3 nitrogen and oxygen atoms in total. The van der Waals surface area contributed by atoms with Crippen LogP contribution in [0.15, 0.2) is 0 Å². The molecule has 3 heteroatoms. The van der Waals surface area contributed by atoms with Crippen LogP contribution in [0.1, 0.15) is 90.4 Å². The summed E-state index contributed by atoms with van der Waals surface area (Å²) in [5, 5.41) is 8.64. The quantitative estimate of drug-likeness (QED) is 0.353. The Labute approximate surface area is 125 Å². The van der Waals surface area contributed by atoms with Crippen molar-refractivity contribution in [3.63, 3.8) is 0 Å². The fourth-order valence-electron chi connectivity index (χ4n) is 2.23. The first-order chi connectivity index (χ1) is 9.81. The van der Waals surface area contributed by atoms with Gasteiger partial charge in [-0.25, -0.2) is 0 Å². The lowest BCUT2D eigenvalue weighted by atomic mass is 10.1. The number of rotatable bonds is 15. The fraction of sp³-hybridized carbons (Fsp3) is 0.941. The maximum atomic E-state index is 11.5. The minimum atomic E-state index is -0.0271. The van der Waals surface area contributed by atoms with E-state index < -0.39 is 0 Å². The van der Waals surface area contributed by atoms with Crippen LogP contribution in [0.25, 0.3) is 0 Å². The molecule has 0 unspecified atom stereocenters. The van der Waals surface area contributed by atoms with E-state index in [1.54, 1.807) is 0 Å². The predicted octanol–water partition coefficient (Wildman–Crippen LogP) is 4.61. The Morgan fingerprint density at radius 1 is 0.800 bits per heavy atom. The van der Waals surface area contributed by atoms with Gasteiger partial charge in [0.05, 0.1) is 6.61 Å². The molecule has 0 aromatic rings. The highest BCUT2D eigenvalue weighted by Gasteiger charge is 2.02. The zero-order chi connectivity index (χ0) is 14.9. The van der Waals surface area contributed by atoms with E-state index in [4.69, 9.17) is 9.84 Å². The summed E-state index contributed by atoms with van der Waals surface area (Å²) in [7, 11) is 0. The Kier molecular flexibility index (Phi) is 16.0. The van der Waals surface area contributed by atoms with Gasteiger partial charge in [-0.15, -0.1) is 0 Å². The molecule has 0 aliphatic rings. The zero-order valence-electron chi connectivity index (χ0n) is 13.4. The van der Waals surface area contributed by atoms with Gasteiger partial charge < -0.3 is 9.84 Å². The Morgan fingerprint density at radius 2 is 1.35 bits per heavy atom. The lowest BCUT2D eigenvalue weighted by molar-refractivity contribution is -0.143. The summed E-state index contributed by atoms with van der Waals surface area (Å²) < 4.78 is 5.22. The van der Waals surface area contributed by atoms with Crippen molar-refractivity contribution in [3.05, 3.63) is 0 Å². The van der Waals surface area contributed by atoms with Crippen LogP contribution in [-0.2, 0) is 9.53 Å². The molecule has 0 atom stereocenters. The number of unbranched alkanes of at least 4 members (excludes halogenated alkanes) is 10. The van der Waals surface area contributed by atoms with Crippen molar-refractivity contribution in [1.29, 1.82) is 0 Å². The van der Waals surface area contributed by atoms with Crippen molar-refractivity contribution in [2.24, 2.45) is 0 Å². The molecular weight excluding hydrogens is 252 g/mol. The molecule has 0 radical (unpaired) electrons. The smallest absolute Gasteiger partial charge is 0.305 e. The van der Waals surface area contributed by atoms with Crippen molar-refractivity contribution in [1.82, 2.24) is 0 Å². The van der Waals surface area contributed by atoms with E-state index in [2.05, 4.69) is 6.92 Å². The van der Waals surface area contributed by atoms with Gasteiger partial charge in [0.1, 0.15) is 0 Å². The Balaban J connectivity index is 3.12. The molecule has 0 aliphatic carbocycles. The number of aliphatic hydroxyl groups is 1. The maximum Gasteiger partial charge on any atom is 0.305 e. The van der Waals surface area contributed by atoms with Crippen molar-refractivity contribution in [2.45, 2.75) is 90.4 Å². The summed E-state index contributed by atoms with van der Waals surface area (Å²) in [5.74, 6) is -0.0271. The van der Waals surface area contributed by atoms with Crippen molar-refractivity contribution >= 4 is 5.97 Å². The topological polar surface area (TPSA) is 46.5 Å². The normalized spacial score (nSPS) is 10.7. The lowest BCUT2D eigenvalue weighted by Crippen LogP contribution is -2.05. The zero-order valence-corrected chi connectivity index (χ0v) is 13.4. The molecule has 0 amide bonds.